The molecule has 0 bridgehead atoms. The van der Waals surface area contributed by atoms with E-state index >= 15 is 0 Å². The maximum atomic E-state index is 13.1. The fourth-order valence-corrected chi connectivity index (χ4v) is 4.15. The predicted octanol–water partition coefficient (Wildman–Crippen LogP) is 3.39. The molecule has 172 valence electrons. The molecule has 9 heteroatoms. The van der Waals surface area contributed by atoms with E-state index in [2.05, 4.69) is 4.98 Å². The summed E-state index contributed by atoms with van der Waals surface area (Å²) in [6.45, 7) is 2.01. The summed E-state index contributed by atoms with van der Waals surface area (Å²) in [6.07, 6.45) is 1.74. The van der Waals surface area contributed by atoms with Crippen LogP contribution in [0.2, 0.25) is 0 Å². The van der Waals surface area contributed by atoms with E-state index in [1.54, 1.807) is 30.2 Å². The number of ether oxygens (including phenoxy) is 1. The topological polar surface area (TPSA) is 109 Å². The number of aromatic nitrogens is 1. The summed E-state index contributed by atoms with van der Waals surface area (Å²) in [5.41, 5.74) is 1.68. The minimum absolute atomic E-state index is 0.0592. The third-order valence-corrected chi connectivity index (χ3v) is 5.98. The second kappa shape index (κ2) is 9.72. The van der Waals surface area contributed by atoms with Crippen molar-refractivity contribution >= 4 is 28.4 Å². The van der Waals surface area contributed by atoms with Gasteiger partial charge in [0.15, 0.2) is 0 Å². The van der Waals surface area contributed by atoms with Crippen LogP contribution in [0.5, 0.6) is 5.75 Å². The molecule has 4 rings (SSSR count). The Hall–Kier alpha value is -3.88. The van der Waals surface area contributed by atoms with Crippen molar-refractivity contribution in [1.29, 1.82) is 0 Å². The van der Waals surface area contributed by atoms with Crippen LogP contribution in [0.15, 0.2) is 48.5 Å². The summed E-state index contributed by atoms with van der Waals surface area (Å²) < 4.78 is 5.16. The molecule has 0 aliphatic carbocycles. The number of nitro benzene ring substituents is 1. The number of nitrogens with one attached hydrogen (secondary N) is 1. The Morgan fingerprint density at radius 2 is 1.79 bits per heavy atom. The van der Waals surface area contributed by atoms with Crippen LogP contribution >= 0.6 is 0 Å². The Morgan fingerprint density at radius 3 is 2.52 bits per heavy atom. The van der Waals surface area contributed by atoms with Gasteiger partial charge < -0.3 is 19.5 Å². The van der Waals surface area contributed by atoms with Crippen molar-refractivity contribution in [2.75, 3.05) is 33.3 Å². The Kier molecular flexibility index (Phi) is 6.58. The van der Waals surface area contributed by atoms with Gasteiger partial charge in [-0.3, -0.25) is 19.7 Å². The third-order valence-electron chi connectivity index (χ3n) is 5.98. The Bertz CT molecular complexity index is 1170. The number of methoxy groups -OCH3 is 1. The highest BCUT2D eigenvalue weighted by atomic mass is 16.6. The molecule has 2 heterocycles. The first-order valence-electron chi connectivity index (χ1n) is 10.9. The van der Waals surface area contributed by atoms with Crippen LogP contribution in [-0.2, 0) is 11.2 Å². The number of benzene rings is 2. The second-order valence-corrected chi connectivity index (χ2v) is 8.06. The van der Waals surface area contributed by atoms with Gasteiger partial charge in [0.1, 0.15) is 17.0 Å². The number of carbonyl (C=O) groups excluding carboxylic acids is 2. The standard InChI is InChI=1S/C24H26N4O5/c1-33-19-9-6-17(7-10-19)8-11-22(29)26-12-3-13-27(15-14-26)24(30)20-16-18-4-2-5-21(28(31)32)23(18)25-20/h2,4-7,9-10,16,25H,3,8,11-15H2,1H3. The second-order valence-electron chi connectivity index (χ2n) is 8.06. The minimum atomic E-state index is -0.464. The quantitative estimate of drug-likeness (QED) is 0.457. The van der Waals surface area contributed by atoms with E-state index in [0.29, 0.717) is 62.0 Å². The number of H-pyrrole nitrogens is 1. The molecule has 3 aromatic rings. The molecule has 0 unspecified atom stereocenters. The number of fused-ring (bicyclic) bond motifs is 1. The minimum Gasteiger partial charge on any atom is -0.497 e. The van der Waals surface area contributed by atoms with Gasteiger partial charge in [-0.25, -0.2) is 0 Å². The number of hydrogen-bond donors (Lipinski definition) is 1. The zero-order valence-corrected chi connectivity index (χ0v) is 18.5. The van der Waals surface area contributed by atoms with E-state index in [-0.39, 0.29) is 17.5 Å². The van der Waals surface area contributed by atoms with Crippen LogP contribution in [0.25, 0.3) is 10.9 Å². The zero-order chi connectivity index (χ0) is 23.4. The molecule has 0 saturated carbocycles. The molecular weight excluding hydrogens is 424 g/mol. The summed E-state index contributed by atoms with van der Waals surface area (Å²) >= 11 is 0. The maximum absolute atomic E-state index is 13.1. The number of non-ortho nitro benzene ring substituents is 1. The van der Waals surface area contributed by atoms with Crippen LogP contribution in [0.3, 0.4) is 0 Å². The normalized spacial score (nSPS) is 14.2. The van der Waals surface area contributed by atoms with Crippen LogP contribution < -0.4 is 4.74 Å². The molecule has 1 aliphatic rings. The Labute approximate surface area is 191 Å². The summed E-state index contributed by atoms with van der Waals surface area (Å²) in [5.74, 6) is 0.640. The molecule has 9 nitrogen and oxygen atoms in total. The average molecular weight is 450 g/mol. The lowest BCUT2D eigenvalue weighted by molar-refractivity contribution is -0.383. The number of nitrogens with zero attached hydrogens (tertiary/aromatic N) is 3. The zero-order valence-electron chi connectivity index (χ0n) is 18.5. The van der Waals surface area contributed by atoms with Crippen LogP contribution in [0, 0.1) is 10.1 Å². The number of nitro groups is 1. The van der Waals surface area contributed by atoms with E-state index < -0.39 is 4.92 Å². The van der Waals surface area contributed by atoms with E-state index in [0.717, 1.165) is 11.3 Å². The number of carbonyl (C=O) groups is 2. The molecule has 2 amide bonds. The van der Waals surface area contributed by atoms with Crippen molar-refractivity contribution in [2.24, 2.45) is 0 Å². The first-order chi connectivity index (χ1) is 16.0. The van der Waals surface area contributed by atoms with Gasteiger partial charge in [0.25, 0.3) is 11.6 Å². The molecule has 0 spiro atoms. The van der Waals surface area contributed by atoms with Gasteiger partial charge in [-0.1, -0.05) is 24.3 Å². The van der Waals surface area contributed by atoms with Gasteiger partial charge in [-0.2, -0.15) is 0 Å². The number of amides is 2. The van der Waals surface area contributed by atoms with Crippen LogP contribution in [0.1, 0.15) is 28.9 Å². The predicted molar refractivity (Wildman–Crippen MR) is 123 cm³/mol. The third kappa shape index (κ3) is 4.97. The number of aryl methyl sites for hydroxylation is 1. The molecule has 0 radical (unpaired) electrons. The van der Waals surface area contributed by atoms with E-state index in [1.165, 1.54) is 6.07 Å². The largest absolute Gasteiger partial charge is 0.497 e. The number of aromatic amines is 1. The SMILES string of the molecule is COc1ccc(CCC(=O)N2CCCN(C(=O)c3cc4cccc([N+](=O)[O-])c4[nH]3)CC2)cc1. The lowest BCUT2D eigenvalue weighted by Crippen LogP contribution is -2.37. The summed E-state index contributed by atoms with van der Waals surface area (Å²) in [4.78, 5) is 43.0. The monoisotopic (exact) mass is 450 g/mol. The molecule has 1 saturated heterocycles. The molecular formula is C24H26N4O5. The van der Waals surface area contributed by atoms with Crippen molar-refractivity contribution in [3.8, 4) is 5.75 Å². The van der Waals surface area contributed by atoms with E-state index in [1.807, 2.05) is 29.2 Å². The first-order valence-corrected chi connectivity index (χ1v) is 10.9. The van der Waals surface area contributed by atoms with Gasteiger partial charge >= 0.3 is 0 Å². The first kappa shape index (κ1) is 22.3. The molecule has 1 fully saturated rings. The van der Waals surface area contributed by atoms with E-state index in [4.69, 9.17) is 4.74 Å². The van der Waals surface area contributed by atoms with Crippen molar-refractivity contribution < 1.29 is 19.2 Å². The number of para-hydroxylation sites is 1. The molecule has 1 aliphatic heterocycles. The van der Waals surface area contributed by atoms with Crippen molar-refractivity contribution in [3.05, 3.63) is 69.9 Å². The highest BCUT2D eigenvalue weighted by Gasteiger charge is 2.25. The fraction of sp³-hybridized carbons (Fsp3) is 0.333. The lowest BCUT2D eigenvalue weighted by atomic mass is 10.1. The average Bonchev–Trinajstić information content (AvgIpc) is 3.12. The van der Waals surface area contributed by atoms with Gasteiger partial charge in [-0.05, 0) is 36.6 Å². The number of rotatable bonds is 6. The van der Waals surface area contributed by atoms with Gasteiger partial charge in [0.05, 0.1) is 12.0 Å². The van der Waals surface area contributed by atoms with Crippen molar-refractivity contribution in [3.63, 3.8) is 0 Å². The maximum Gasteiger partial charge on any atom is 0.293 e. The van der Waals surface area contributed by atoms with Gasteiger partial charge in [0, 0.05) is 44.1 Å². The van der Waals surface area contributed by atoms with E-state index in [9.17, 15) is 19.7 Å². The summed E-state index contributed by atoms with van der Waals surface area (Å²) in [6, 6.07) is 14.1. The fourth-order valence-electron chi connectivity index (χ4n) is 4.15. The molecule has 1 N–H and O–H groups in total. The van der Waals surface area contributed by atoms with Crippen molar-refractivity contribution in [2.45, 2.75) is 19.3 Å². The Morgan fingerprint density at radius 1 is 1.06 bits per heavy atom. The highest BCUT2D eigenvalue weighted by Crippen LogP contribution is 2.26. The number of hydrogen-bond acceptors (Lipinski definition) is 5. The Balaban J connectivity index is 1.36. The van der Waals surface area contributed by atoms with Crippen molar-refractivity contribution in [1.82, 2.24) is 14.8 Å². The van der Waals surface area contributed by atoms with Crippen LogP contribution in [0.4, 0.5) is 5.69 Å². The molecule has 1 aromatic heterocycles. The molecule has 33 heavy (non-hydrogen) atoms. The highest BCUT2D eigenvalue weighted by molar-refractivity contribution is 6.00. The molecule has 0 atom stereocenters. The molecule has 2 aromatic carbocycles. The lowest BCUT2D eigenvalue weighted by Gasteiger charge is -2.22. The summed E-state index contributed by atoms with van der Waals surface area (Å²) in [5, 5.41) is 11.9. The smallest absolute Gasteiger partial charge is 0.293 e. The van der Waals surface area contributed by atoms with Gasteiger partial charge in [0.2, 0.25) is 5.91 Å². The summed E-state index contributed by atoms with van der Waals surface area (Å²) in [7, 11) is 1.62. The van der Waals surface area contributed by atoms with Crippen LogP contribution in [-0.4, -0.2) is 64.8 Å². The van der Waals surface area contributed by atoms with Gasteiger partial charge in [-0.15, -0.1) is 0 Å².